The van der Waals surface area contributed by atoms with Gasteiger partial charge >= 0.3 is 0 Å². The molecule has 0 saturated carbocycles. The Hall–Kier alpha value is -2.50. The Kier molecular flexibility index (Phi) is 6.70. The number of benzene rings is 3. The lowest BCUT2D eigenvalue weighted by Crippen LogP contribution is -2.02. The van der Waals surface area contributed by atoms with Crippen molar-refractivity contribution >= 4 is 23.5 Å². The molecule has 0 atom stereocenters. The van der Waals surface area contributed by atoms with Crippen molar-refractivity contribution in [1.29, 1.82) is 0 Å². The number of rotatable bonds is 8. The molecule has 0 spiro atoms. The van der Waals surface area contributed by atoms with E-state index in [1.54, 1.807) is 23.5 Å². The van der Waals surface area contributed by atoms with Gasteiger partial charge in [0.25, 0.3) is 0 Å². The van der Waals surface area contributed by atoms with Crippen LogP contribution in [-0.2, 0) is 12.2 Å². The van der Waals surface area contributed by atoms with Gasteiger partial charge in [0.1, 0.15) is 5.82 Å². The molecule has 0 fully saturated rings. The molecule has 0 saturated heterocycles. The summed E-state index contributed by atoms with van der Waals surface area (Å²) in [6.45, 7) is 2.11. The van der Waals surface area contributed by atoms with Crippen LogP contribution in [0.1, 0.15) is 17.0 Å². The maximum atomic E-state index is 4.52. The Morgan fingerprint density at radius 3 is 2.17 bits per heavy atom. The molecule has 3 nitrogen and oxygen atoms in total. The summed E-state index contributed by atoms with van der Waals surface area (Å²) in [4.78, 5) is 1.25. The van der Waals surface area contributed by atoms with E-state index in [2.05, 4.69) is 101 Å². The first-order valence-corrected chi connectivity index (χ1v) is 11.6. The molecule has 0 aliphatic rings. The Bertz CT molecular complexity index is 1030. The highest BCUT2D eigenvalue weighted by atomic mass is 32.2. The third-order valence-corrected chi connectivity index (χ3v) is 6.51. The van der Waals surface area contributed by atoms with Crippen LogP contribution in [0.2, 0.25) is 0 Å². The first kappa shape index (κ1) is 19.8. The van der Waals surface area contributed by atoms with Crippen LogP contribution in [0.3, 0.4) is 0 Å². The van der Waals surface area contributed by atoms with E-state index >= 15 is 0 Å². The number of thioether (sulfide) groups is 2. The van der Waals surface area contributed by atoms with Crippen molar-refractivity contribution in [2.75, 3.05) is 5.75 Å². The zero-order chi connectivity index (χ0) is 19.9. The summed E-state index contributed by atoms with van der Waals surface area (Å²) in [6.07, 6.45) is 1.01. The lowest BCUT2D eigenvalue weighted by Gasteiger charge is -2.10. The van der Waals surface area contributed by atoms with E-state index in [0.29, 0.717) is 0 Å². The largest absolute Gasteiger partial charge is 0.273 e. The molecule has 0 bridgehead atoms. The maximum Gasteiger partial charge on any atom is 0.195 e. The highest BCUT2D eigenvalue weighted by Gasteiger charge is 2.14. The number of aryl methyl sites for hydroxylation is 2. The minimum Gasteiger partial charge on any atom is -0.273 e. The number of aromatic nitrogens is 3. The van der Waals surface area contributed by atoms with Crippen molar-refractivity contribution in [1.82, 2.24) is 14.8 Å². The molecule has 146 valence electrons. The van der Waals surface area contributed by atoms with Crippen molar-refractivity contribution in [2.45, 2.75) is 29.1 Å². The van der Waals surface area contributed by atoms with Crippen LogP contribution >= 0.6 is 23.5 Å². The molecule has 4 aromatic rings. The van der Waals surface area contributed by atoms with E-state index in [0.717, 1.165) is 34.6 Å². The van der Waals surface area contributed by atoms with Gasteiger partial charge in [0.2, 0.25) is 0 Å². The standard InChI is InChI=1S/C24H23N3S2/c1-19-12-14-22(15-13-19)29-18-23-25-26-24(27(23)21-10-6-3-7-11-21)28-17-16-20-8-4-2-5-9-20/h2-15H,16-18H2,1H3. The Labute approximate surface area is 180 Å². The van der Waals surface area contributed by atoms with Crippen LogP contribution in [0, 0.1) is 6.92 Å². The molecule has 5 heteroatoms. The molecule has 0 amide bonds. The number of nitrogens with zero attached hydrogens (tertiary/aromatic N) is 3. The van der Waals surface area contributed by atoms with Gasteiger partial charge in [-0.2, -0.15) is 0 Å². The van der Waals surface area contributed by atoms with Crippen molar-refractivity contribution in [3.8, 4) is 5.69 Å². The summed E-state index contributed by atoms with van der Waals surface area (Å²) in [7, 11) is 0. The second-order valence-electron chi connectivity index (χ2n) is 6.76. The predicted molar refractivity (Wildman–Crippen MR) is 123 cm³/mol. The zero-order valence-corrected chi connectivity index (χ0v) is 18.0. The molecule has 3 aromatic carbocycles. The van der Waals surface area contributed by atoms with Gasteiger partial charge in [0.05, 0.1) is 5.75 Å². The molecule has 1 heterocycles. The molecule has 0 radical (unpaired) electrons. The van der Waals surface area contributed by atoms with E-state index in [9.17, 15) is 0 Å². The minimum absolute atomic E-state index is 0.782. The Morgan fingerprint density at radius 1 is 0.759 bits per heavy atom. The number of para-hydroxylation sites is 1. The molecule has 0 N–H and O–H groups in total. The van der Waals surface area contributed by atoms with Gasteiger partial charge in [-0.15, -0.1) is 22.0 Å². The van der Waals surface area contributed by atoms with Crippen molar-refractivity contribution in [3.63, 3.8) is 0 Å². The van der Waals surface area contributed by atoms with E-state index in [1.165, 1.54) is 16.0 Å². The van der Waals surface area contributed by atoms with Gasteiger partial charge in [0.15, 0.2) is 5.16 Å². The van der Waals surface area contributed by atoms with Gasteiger partial charge < -0.3 is 0 Å². The normalized spacial score (nSPS) is 10.9. The van der Waals surface area contributed by atoms with Crippen molar-refractivity contribution in [3.05, 3.63) is 102 Å². The third-order valence-electron chi connectivity index (χ3n) is 4.57. The van der Waals surface area contributed by atoms with Crippen molar-refractivity contribution in [2.24, 2.45) is 0 Å². The highest BCUT2D eigenvalue weighted by molar-refractivity contribution is 7.99. The molecule has 0 aliphatic heterocycles. The van der Waals surface area contributed by atoms with E-state index < -0.39 is 0 Å². The lowest BCUT2D eigenvalue weighted by molar-refractivity contribution is 0.863. The number of hydrogen-bond donors (Lipinski definition) is 0. The summed E-state index contributed by atoms with van der Waals surface area (Å²) in [5.41, 5.74) is 3.74. The molecule has 1 aromatic heterocycles. The quantitative estimate of drug-likeness (QED) is 0.319. The van der Waals surface area contributed by atoms with E-state index in [1.807, 2.05) is 6.07 Å². The average Bonchev–Trinajstić information content (AvgIpc) is 3.17. The maximum absolute atomic E-state index is 4.52. The highest BCUT2D eigenvalue weighted by Crippen LogP contribution is 2.27. The summed E-state index contributed by atoms with van der Waals surface area (Å²) < 4.78 is 2.19. The van der Waals surface area contributed by atoms with Gasteiger partial charge in [0, 0.05) is 16.3 Å². The Morgan fingerprint density at radius 2 is 1.45 bits per heavy atom. The van der Waals surface area contributed by atoms with Crippen LogP contribution in [0.25, 0.3) is 5.69 Å². The predicted octanol–water partition coefficient (Wildman–Crippen LogP) is 6.20. The molecular weight excluding hydrogens is 394 g/mol. The zero-order valence-electron chi connectivity index (χ0n) is 16.4. The summed E-state index contributed by atoms with van der Waals surface area (Å²) in [5, 5.41) is 9.99. The first-order chi connectivity index (χ1) is 14.3. The average molecular weight is 418 g/mol. The summed E-state index contributed by atoms with van der Waals surface area (Å²) in [5.74, 6) is 2.73. The second-order valence-corrected chi connectivity index (χ2v) is 8.87. The van der Waals surface area contributed by atoms with Crippen LogP contribution < -0.4 is 0 Å². The molecule has 4 rings (SSSR count). The van der Waals surface area contributed by atoms with Crippen LogP contribution in [-0.4, -0.2) is 20.5 Å². The van der Waals surface area contributed by atoms with Crippen molar-refractivity contribution < 1.29 is 0 Å². The van der Waals surface area contributed by atoms with Gasteiger partial charge in [-0.1, -0.05) is 78.0 Å². The van der Waals surface area contributed by atoms with Gasteiger partial charge in [-0.3, -0.25) is 4.57 Å². The van der Waals surface area contributed by atoms with Crippen LogP contribution in [0.5, 0.6) is 0 Å². The first-order valence-electron chi connectivity index (χ1n) is 9.65. The molecule has 0 unspecified atom stereocenters. The second kappa shape index (κ2) is 9.81. The Balaban J connectivity index is 1.51. The third kappa shape index (κ3) is 5.31. The van der Waals surface area contributed by atoms with Gasteiger partial charge in [-0.05, 0) is 43.2 Å². The monoisotopic (exact) mass is 417 g/mol. The lowest BCUT2D eigenvalue weighted by atomic mass is 10.2. The molecular formula is C24H23N3S2. The molecule has 0 aliphatic carbocycles. The topological polar surface area (TPSA) is 30.7 Å². The SMILES string of the molecule is Cc1ccc(SCc2nnc(SCCc3ccccc3)n2-c2ccccc2)cc1. The van der Waals surface area contributed by atoms with E-state index in [4.69, 9.17) is 0 Å². The van der Waals surface area contributed by atoms with Gasteiger partial charge in [-0.25, -0.2) is 0 Å². The number of hydrogen-bond acceptors (Lipinski definition) is 4. The molecule has 29 heavy (non-hydrogen) atoms. The smallest absolute Gasteiger partial charge is 0.195 e. The summed E-state index contributed by atoms with van der Waals surface area (Å²) in [6, 6.07) is 29.6. The fourth-order valence-electron chi connectivity index (χ4n) is 3.01. The van der Waals surface area contributed by atoms with E-state index in [-0.39, 0.29) is 0 Å². The summed E-state index contributed by atoms with van der Waals surface area (Å²) >= 11 is 3.55. The van der Waals surface area contributed by atoms with Crippen LogP contribution in [0.4, 0.5) is 0 Å². The minimum atomic E-state index is 0.782. The fraction of sp³-hybridized carbons (Fsp3) is 0.167. The van der Waals surface area contributed by atoms with Crippen LogP contribution in [0.15, 0.2) is 95.0 Å². The fourth-order valence-corrected chi connectivity index (χ4v) is 4.78.